The number of carboxylic acids is 1. The number of carbonyl (C=O) groups is 2. The van der Waals surface area contributed by atoms with E-state index in [1.54, 1.807) is 6.07 Å². The summed E-state index contributed by atoms with van der Waals surface area (Å²) in [4.78, 5) is 23.7. The number of likely N-dealkylation sites (N-methyl/N-ethyl adjacent to an activating group) is 1. The standard InChI is InChI=1S/C14H14F3NO4/c1-18(7-12(19)20)13(21)10-6-9(10)8-4-2-3-5-11(8)22-14(15,16)17/h2-5,9-10H,6-7H2,1H3,(H,19,20)/t9-,10+/m1/s1. The fourth-order valence-corrected chi connectivity index (χ4v) is 2.38. The van der Waals surface area contributed by atoms with Crippen molar-refractivity contribution in [3.8, 4) is 5.75 Å². The van der Waals surface area contributed by atoms with E-state index in [0.717, 1.165) is 4.90 Å². The van der Waals surface area contributed by atoms with Gasteiger partial charge in [0.05, 0.1) is 0 Å². The van der Waals surface area contributed by atoms with E-state index in [1.807, 2.05) is 0 Å². The van der Waals surface area contributed by atoms with Crippen LogP contribution in [-0.2, 0) is 9.59 Å². The van der Waals surface area contributed by atoms with Crippen molar-refractivity contribution >= 4 is 11.9 Å². The number of carboxylic acid groups (broad SMARTS) is 1. The highest BCUT2D eigenvalue weighted by molar-refractivity contribution is 5.86. The molecule has 1 aliphatic rings. The summed E-state index contributed by atoms with van der Waals surface area (Å²) >= 11 is 0. The van der Waals surface area contributed by atoms with E-state index in [2.05, 4.69) is 4.74 Å². The van der Waals surface area contributed by atoms with Crippen LogP contribution in [0.25, 0.3) is 0 Å². The van der Waals surface area contributed by atoms with Crippen LogP contribution in [0, 0.1) is 5.92 Å². The third kappa shape index (κ3) is 3.90. The zero-order valence-electron chi connectivity index (χ0n) is 11.6. The number of hydrogen-bond donors (Lipinski definition) is 1. The molecule has 0 aromatic heterocycles. The topological polar surface area (TPSA) is 66.8 Å². The number of para-hydroxylation sites is 1. The Labute approximate surface area is 124 Å². The molecule has 0 radical (unpaired) electrons. The quantitative estimate of drug-likeness (QED) is 0.904. The second-order valence-corrected chi connectivity index (χ2v) is 5.12. The van der Waals surface area contributed by atoms with Crippen LogP contribution in [0.3, 0.4) is 0 Å². The lowest BCUT2D eigenvalue weighted by Gasteiger charge is -2.15. The van der Waals surface area contributed by atoms with Crippen LogP contribution in [0.4, 0.5) is 13.2 Å². The molecule has 120 valence electrons. The highest BCUT2D eigenvalue weighted by Crippen LogP contribution is 2.51. The lowest BCUT2D eigenvalue weighted by molar-refractivity contribution is -0.274. The van der Waals surface area contributed by atoms with E-state index < -0.39 is 30.7 Å². The fourth-order valence-electron chi connectivity index (χ4n) is 2.38. The molecule has 0 saturated heterocycles. The zero-order valence-corrected chi connectivity index (χ0v) is 11.6. The normalized spacial score (nSPS) is 20.4. The van der Waals surface area contributed by atoms with E-state index in [9.17, 15) is 22.8 Å². The van der Waals surface area contributed by atoms with E-state index in [0.29, 0.717) is 12.0 Å². The average Bonchev–Trinajstić information content (AvgIpc) is 3.15. The van der Waals surface area contributed by atoms with E-state index in [1.165, 1.54) is 25.2 Å². The molecule has 0 aliphatic heterocycles. The minimum atomic E-state index is -4.80. The second kappa shape index (κ2) is 5.86. The number of aliphatic carboxylic acids is 1. The zero-order chi connectivity index (χ0) is 16.5. The summed E-state index contributed by atoms with van der Waals surface area (Å²) in [5, 5.41) is 8.65. The number of carbonyl (C=O) groups excluding carboxylic acids is 1. The first-order chi connectivity index (χ1) is 10.2. The first-order valence-electron chi connectivity index (χ1n) is 6.50. The molecule has 8 heteroatoms. The molecule has 2 atom stereocenters. The fraction of sp³-hybridized carbons (Fsp3) is 0.429. The van der Waals surface area contributed by atoms with Crippen LogP contribution in [0.5, 0.6) is 5.75 Å². The van der Waals surface area contributed by atoms with E-state index >= 15 is 0 Å². The number of alkyl halides is 3. The van der Waals surface area contributed by atoms with E-state index in [-0.39, 0.29) is 11.7 Å². The first-order valence-corrected chi connectivity index (χ1v) is 6.50. The van der Waals surface area contributed by atoms with Gasteiger partial charge in [0.1, 0.15) is 12.3 Å². The van der Waals surface area contributed by atoms with E-state index in [4.69, 9.17) is 5.11 Å². The van der Waals surface area contributed by atoms with Crippen molar-refractivity contribution in [2.24, 2.45) is 5.92 Å². The lowest BCUT2D eigenvalue weighted by Crippen LogP contribution is -2.33. The van der Waals surface area contributed by atoms with Gasteiger partial charge in [0.2, 0.25) is 5.91 Å². The first kappa shape index (κ1) is 16.1. The minimum Gasteiger partial charge on any atom is -0.480 e. The Bertz CT molecular complexity index is 588. The molecule has 1 aliphatic carbocycles. The molecule has 0 bridgehead atoms. The van der Waals surface area contributed by atoms with Gasteiger partial charge in [-0.3, -0.25) is 9.59 Å². The average molecular weight is 317 g/mol. The smallest absolute Gasteiger partial charge is 0.480 e. The third-order valence-corrected chi connectivity index (χ3v) is 3.40. The molecule has 1 aromatic carbocycles. The summed E-state index contributed by atoms with van der Waals surface area (Å²) in [6, 6.07) is 5.67. The van der Waals surface area contributed by atoms with Gasteiger partial charge in [0.15, 0.2) is 0 Å². The molecule has 0 unspecified atom stereocenters. The highest BCUT2D eigenvalue weighted by Gasteiger charge is 2.47. The Kier molecular flexibility index (Phi) is 4.30. The molecular formula is C14H14F3NO4. The molecule has 2 rings (SSSR count). The molecule has 0 heterocycles. The summed E-state index contributed by atoms with van der Waals surface area (Å²) in [5.74, 6) is -2.76. The van der Waals surface area contributed by atoms with Crippen molar-refractivity contribution in [2.45, 2.75) is 18.7 Å². The van der Waals surface area contributed by atoms with Gasteiger partial charge in [-0.05, 0) is 24.0 Å². The van der Waals surface area contributed by atoms with Crippen LogP contribution in [0.2, 0.25) is 0 Å². The highest BCUT2D eigenvalue weighted by atomic mass is 19.4. The lowest BCUT2D eigenvalue weighted by atomic mass is 10.1. The van der Waals surface area contributed by atoms with Crippen molar-refractivity contribution in [1.82, 2.24) is 4.90 Å². The molecule has 5 nitrogen and oxygen atoms in total. The number of ether oxygens (including phenoxy) is 1. The Balaban J connectivity index is 2.09. The van der Waals surface area contributed by atoms with Gasteiger partial charge in [-0.2, -0.15) is 0 Å². The summed E-state index contributed by atoms with van der Waals surface area (Å²) in [5.41, 5.74) is 0.307. The SMILES string of the molecule is CN(CC(=O)O)C(=O)[C@H]1C[C@@H]1c1ccccc1OC(F)(F)F. The number of halogens is 3. The Hall–Kier alpha value is -2.25. The van der Waals surface area contributed by atoms with Gasteiger partial charge < -0.3 is 14.7 Å². The summed E-state index contributed by atoms with van der Waals surface area (Å²) < 4.78 is 41.1. The van der Waals surface area contributed by atoms with Crippen LogP contribution < -0.4 is 4.74 Å². The van der Waals surface area contributed by atoms with Gasteiger partial charge in [-0.1, -0.05) is 18.2 Å². The van der Waals surface area contributed by atoms with Crippen LogP contribution in [-0.4, -0.2) is 41.8 Å². The van der Waals surface area contributed by atoms with Crippen molar-refractivity contribution in [3.05, 3.63) is 29.8 Å². The Morgan fingerprint density at radius 2 is 2.00 bits per heavy atom. The molecule has 1 fully saturated rings. The number of nitrogens with zero attached hydrogens (tertiary/aromatic N) is 1. The van der Waals surface area contributed by atoms with Gasteiger partial charge in [0.25, 0.3) is 0 Å². The molecular weight excluding hydrogens is 303 g/mol. The molecule has 22 heavy (non-hydrogen) atoms. The number of rotatable bonds is 5. The van der Waals surface area contributed by atoms with Crippen molar-refractivity contribution in [2.75, 3.05) is 13.6 Å². The van der Waals surface area contributed by atoms with Crippen molar-refractivity contribution in [3.63, 3.8) is 0 Å². The van der Waals surface area contributed by atoms with Crippen LogP contribution in [0.15, 0.2) is 24.3 Å². The Morgan fingerprint density at radius 3 is 2.59 bits per heavy atom. The van der Waals surface area contributed by atoms with Gasteiger partial charge >= 0.3 is 12.3 Å². The Morgan fingerprint density at radius 1 is 1.36 bits per heavy atom. The predicted octanol–water partition coefficient (Wildman–Crippen LogP) is 2.23. The van der Waals surface area contributed by atoms with Crippen molar-refractivity contribution < 1.29 is 32.6 Å². The molecule has 1 amide bonds. The number of benzene rings is 1. The maximum atomic E-state index is 12.4. The van der Waals surface area contributed by atoms with Crippen LogP contribution >= 0.6 is 0 Å². The molecule has 0 spiro atoms. The maximum Gasteiger partial charge on any atom is 0.573 e. The second-order valence-electron chi connectivity index (χ2n) is 5.12. The number of amides is 1. The van der Waals surface area contributed by atoms with Crippen molar-refractivity contribution in [1.29, 1.82) is 0 Å². The largest absolute Gasteiger partial charge is 0.573 e. The summed E-state index contributed by atoms with van der Waals surface area (Å²) in [7, 11) is 1.35. The number of hydrogen-bond acceptors (Lipinski definition) is 3. The molecule has 1 saturated carbocycles. The summed E-state index contributed by atoms with van der Waals surface area (Å²) in [6.07, 6.45) is -4.42. The van der Waals surface area contributed by atoms with Gasteiger partial charge in [-0.25, -0.2) is 0 Å². The maximum absolute atomic E-state index is 12.4. The minimum absolute atomic E-state index is 0.307. The predicted molar refractivity (Wildman–Crippen MR) is 69.2 cm³/mol. The molecule has 1 aromatic rings. The third-order valence-electron chi connectivity index (χ3n) is 3.40. The van der Waals surface area contributed by atoms with Crippen LogP contribution in [0.1, 0.15) is 17.9 Å². The molecule has 1 N–H and O–H groups in total. The van der Waals surface area contributed by atoms with Gasteiger partial charge in [0, 0.05) is 13.0 Å². The summed E-state index contributed by atoms with van der Waals surface area (Å²) in [6.45, 7) is -0.442. The van der Waals surface area contributed by atoms with Gasteiger partial charge in [-0.15, -0.1) is 13.2 Å². The monoisotopic (exact) mass is 317 g/mol.